The van der Waals surface area contributed by atoms with Crippen LogP contribution in [-0.4, -0.2) is 43.6 Å². The largest absolute Gasteiger partial charge is 0.337 e. The summed E-state index contributed by atoms with van der Waals surface area (Å²) in [6, 6.07) is 16.4. The summed E-state index contributed by atoms with van der Waals surface area (Å²) in [5.74, 6) is 0.0765. The van der Waals surface area contributed by atoms with Crippen LogP contribution in [0.25, 0.3) is 22.2 Å². The Morgan fingerprint density at radius 1 is 1.10 bits per heavy atom. The van der Waals surface area contributed by atoms with E-state index in [9.17, 15) is 4.79 Å². The third kappa shape index (κ3) is 2.49. The molecule has 1 saturated heterocycles. The smallest absolute Gasteiger partial charge is 0.254 e. The molecule has 0 bridgehead atoms. The molecule has 1 atom stereocenters. The zero-order valence-electron chi connectivity index (χ0n) is 16.7. The predicted molar refractivity (Wildman–Crippen MR) is 114 cm³/mol. The lowest BCUT2D eigenvalue weighted by molar-refractivity contribution is 0.0381. The van der Waals surface area contributed by atoms with E-state index in [2.05, 4.69) is 39.8 Å². The Morgan fingerprint density at radius 2 is 1.90 bits per heavy atom. The van der Waals surface area contributed by atoms with E-state index in [0.717, 1.165) is 41.7 Å². The molecular weight excluding hydrogens is 374 g/mol. The Kier molecular flexibility index (Phi) is 3.60. The second-order valence-electron chi connectivity index (χ2n) is 8.51. The van der Waals surface area contributed by atoms with Crippen molar-refractivity contribution in [2.75, 3.05) is 13.1 Å². The van der Waals surface area contributed by atoms with Gasteiger partial charge < -0.3 is 4.90 Å². The number of likely N-dealkylation sites (tertiary alicyclic amines) is 1. The highest BCUT2D eigenvalue weighted by atomic mass is 16.2. The van der Waals surface area contributed by atoms with Gasteiger partial charge in [0.05, 0.1) is 17.3 Å². The molecule has 3 aromatic heterocycles. The van der Waals surface area contributed by atoms with Gasteiger partial charge in [-0.25, -0.2) is 0 Å². The lowest BCUT2D eigenvalue weighted by Crippen LogP contribution is -2.60. The number of fused-ring (bicyclic) bond motifs is 3. The van der Waals surface area contributed by atoms with Crippen LogP contribution in [0.1, 0.15) is 35.4 Å². The molecule has 0 radical (unpaired) electrons. The summed E-state index contributed by atoms with van der Waals surface area (Å²) in [6.45, 7) is 3.68. The fraction of sp³-hybridized carbons (Fsp3) is 0.250. The standard InChI is InChI=1S/C24H21N5O/c1-16-12-24(14-28(15-24)23(30)17-6-8-25-9-7-17)22-11-21(27-29(16)22)19-10-18-4-2-3-5-20(18)26-13-19/h2-11,13,16H,12,14-15H2,1H3. The summed E-state index contributed by atoms with van der Waals surface area (Å²) in [7, 11) is 0. The van der Waals surface area contributed by atoms with Crippen LogP contribution in [-0.2, 0) is 5.41 Å². The number of carbonyl (C=O) groups is 1. The number of rotatable bonds is 2. The Balaban J connectivity index is 1.31. The van der Waals surface area contributed by atoms with Gasteiger partial charge in [0.25, 0.3) is 5.91 Å². The highest BCUT2D eigenvalue weighted by Crippen LogP contribution is 2.48. The van der Waals surface area contributed by atoms with E-state index in [1.165, 1.54) is 5.69 Å². The molecule has 6 heteroatoms. The molecule has 0 saturated carbocycles. The minimum Gasteiger partial charge on any atom is -0.337 e. The number of pyridine rings is 2. The molecule has 30 heavy (non-hydrogen) atoms. The second-order valence-corrected chi connectivity index (χ2v) is 8.51. The fourth-order valence-electron chi connectivity index (χ4n) is 5.03. The first kappa shape index (κ1) is 17.3. The van der Waals surface area contributed by atoms with Crippen LogP contribution < -0.4 is 0 Å². The zero-order valence-corrected chi connectivity index (χ0v) is 16.7. The Hall–Kier alpha value is -3.54. The number of benzene rings is 1. The van der Waals surface area contributed by atoms with Crippen LogP contribution >= 0.6 is 0 Å². The normalized spacial score (nSPS) is 19.1. The number of hydrogen-bond acceptors (Lipinski definition) is 4. The van der Waals surface area contributed by atoms with E-state index in [4.69, 9.17) is 5.10 Å². The summed E-state index contributed by atoms with van der Waals surface area (Å²) in [4.78, 5) is 23.3. The van der Waals surface area contributed by atoms with E-state index >= 15 is 0 Å². The molecule has 4 aromatic rings. The molecule has 5 heterocycles. The molecule has 0 aliphatic carbocycles. The number of hydrogen-bond donors (Lipinski definition) is 0. The molecule has 0 N–H and O–H groups in total. The molecule has 2 aliphatic rings. The molecule has 2 aliphatic heterocycles. The van der Waals surface area contributed by atoms with Crippen molar-refractivity contribution in [3.63, 3.8) is 0 Å². The highest BCUT2D eigenvalue weighted by molar-refractivity contribution is 5.95. The van der Waals surface area contributed by atoms with Gasteiger partial charge in [-0.05, 0) is 43.7 Å². The number of aromatic nitrogens is 4. The minimum atomic E-state index is -0.00235. The summed E-state index contributed by atoms with van der Waals surface area (Å²) >= 11 is 0. The van der Waals surface area contributed by atoms with Crippen molar-refractivity contribution in [1.29, 1.82) is 0 Å². The van der Waals surface area contributed by atoms with Crippen molar-refractivity contribution < 1.29 is 4.79 Å². The fourth-order valence-corrected chi connectivity index (χ4v) is 5.03. The molecule has 6 nitrogen and oxygen atoms in total. The zero-order chi connectivity index (χ0) is 20.3. The van der Waals surface area contributed by atoms with Crippen LogP contribution in [0.3, 0.4) is 0 Å². The van der Waals surface area contributed by atoms with E-state index in [1.807, 2.05) is 29.3 Å². The molecule has 1 amide bonds. The first-order chi connectivity index (χ1) is 14.6. The number of amides is 1. The topological polar surface area (TPSA) is 63.9 Å². The van der Waals surface area contributed by atoms with E-state index in [-0.39, 0.29) is 11.3 Å². The maximum Gasteiger partial charge on any atom is 0.254 e. The van der Waals surface area contributed by atoms with Crippen molar-refractivity contribution >= 4 is 16.8 Å². The van der Waals surface area contributed by atoms with Crippen LogP contribution in [0.15, 0.2) is 67.1 Å². The number of nitrogens with zero attached hydrogens (tertiary/aromatic N) is 5. The summed E-state index contributed by atoms with van der Waals surface area (Å²) in [5.41, 5.74) is 4.90. The van der Waals surface area contributed by atoms with Crippen LogP contribution in [0.5, 0.6) is 0 Å². The van der Waals surface area contributed by atoms with Gasteiger partial charge in [-0.2, -0.15) is 5.10 Å². The lowest BCUT2D eigenvalue weighted by Gasteiger charge is -2.47. The van der Waals surface area contributed by atoms with Gasteiger partial charge in [-0.1, -0.05) is 18.2 Å². The molecular formula is C24H21N5O. The van der Waals surface area contributed by atoms with Crippen LogP contribution in [0, 0.1) is 0 Å². The average molecular weight is 395 g/mol. The van der Waals surface area contributed by atoms with Gasteiger partial charge in [0.1, 0.15) is 0 Å². The van der Waals surface area contributed by atoms with Crippen LogP contribution in [0.4, 0.5) is 0 Å². The van der Waals surface area contributed by atoms with Crippen molar-refractivity contribution in [2.45, 2.75) is 24.8 Å². The predicted octanol–water partition coefficient (Wildman–Crippen LogP) is 3.85. The van der Waals surface area contributed by atoms with Crippen molar-refractivity contribution in [1.82, 2.24) is 24.6 Å². The van der Waals surface area contributed by atoms with Crippen molar-refractivity contribution in [3.8, 4) is 11.3 Å². The van der Waals surface area contributed by atoms with Gasteiger partial charge in [0, 0.05) is 59.3 Å². The molecule has 1 fully saturated rings. The third-order valence-corrected chi connectivity index (χ3v) is 6.47. The van der Waals surface area contributed by atoms with Gasteiger partial charge in [-0.3, -0.25) is 19.4 Å². The third-order valence-electron chi connectivity index (χ3n) is 6.47. The quantitative estimate of drug-likeness (QED) is 0.517. The average Bonchev–Trinajstić information content (AvgIpc) is 3.32. The van der Waals surface area contributed by atoms with Gasteiger partial charge in [0.15, 0.2) is 0 Å². The first-order valence-electron chi connectivity index (χ1n) is 10.3. The molecule has 1 aromatic carbocycles. The molecule has 6 rings (SSSR count). The SMILES string of the molecule is CC1CC2(CN(C(=O)c3ccncc3)C2)c2cc(-c3cnc4ccccc4c3)nn21. The van der Waals surface area contributed by atoms with Crippen molar-refractivity contribution in [3.05, 3.63) is 78.4 Å². The van der Waals surface area contributed by atoms with E-state index < -0.39 is 0 Å². The highest BCUT2D eigenvalue weighted by Gasteiger charge is 2.53. The van der Waals surface area contributed by atoms with Gasteiger partial charge in [-0.15, -0.1) is 0 Å². The summed E-state index contributed by atoms with van der Waals surface area (Å²) < 4.78 is 2.15. The maximum atomic E-state index is 12.8. The Labute approximate surface area is 174 Å². The molecule has 1 unspecified atom stereocenters. The Morgan fingerprint density at radius 3 is 2.73 bits per heavy atom. The van der Waals surface area contributed by atoms with Gasteiger partial charge >= 0.3 is 0 Å². The Bertz CT molecular complexity index is 1270. The maximum absolute atomic E-state index is 12.8. The van der Waals surface area contributed by atoms with Crippen LogP contribution in [0.2, 0.25) is 0 Å². The summed E-state index contributed by atoms with van der Waals surface area (Å²) in [6.07, 6.45) is 6.25. The number of para-hydroxylation sites is 1. The summed E-state index contributed by atoms with van der Waals surface area (Å²) in [5, 5.41) is 6.03. The first-order valence-corrected chi connectivity index (χ1v) is 10.3. The van der Waals surface area contributed by atoms with Gasteiger partial charge in [0.2, 0.25) is 0 Å². The van der Waals surface area contributed by atoms with Crippen molar-refractivity contribution in [2.24, 2.45) is 0 Å². The van der Waals surface area contributed by atoms with E-state index in [0.29, 0.717) is 11.6 Å². The molecule has 1 spiro atoms. The monoisotopic (exact) mass is 395 g/mol. The molecule has 148 valence electrons. The number of carbonyl (C=O) groups excluding carboxylic acids is 1. The van der Waals surface area contributed by atoms with E-state index in [1.54, 1.807) is 24.5 Å². The second kappa shape index (κ2) is 6.23. The lowest BCUT2D eigenvalue weighted by atomic mass is 9.74. The minimum absolute atomic E-state index is 0.00235.